The standard InChI is InChI=1S/C14H15N5/c1-19-14(16-9-17-19)8-11(15)13-7-6-10-4-2-3-5-12(10)18-13/h2-7,9,11H,8,15H2,1H3. The molecular weight excluding hydrogens is 238 g/mol. The second kappa shape index (κ2) is 4.78. The normalized spacial score (nSPS) is 12.7. The van der Waals surface area contributed by atoms with Gasteiger partial charge in [-0.25, -0.2) is 4.98 Å². The topological polar surface area (TPSA) is 69.6 Å². The number of pyridine rings is 1. The fraction of sp³-hybridized carbons (Fsp3) is 0.214. The highest BCUT2D eigenvalue weighted by atomic mass is 15.3. The third-order valence-corrected chi connectivity index (χ3v) is 3.21. The number of fused-ring (bicyclic) bond motifs is 1. The molecule has 0 aliphatic carbocycles. The molecule has 0 spiro atoms. The van der Waals surface area contributed by atoms with E-state index in [0.717, 1.165) is 22.4 Å². The smallest absolute Gasteiger partial charge is 0.138 e. The second-order valence-electron chi connectivity index (χ2n) is 4.54. The molecule has 1 unspecified atom stereocenters. The summed E-state index contributed by atoms with van der Waals surface area (Å²) in [7, 11) is 1.86. The molecule has 0 fully saturated rings. The predicted octanol–water partition coefficient (Wildman–Crippen LogP) is 1.61. The van der Waals surface area contributed by atoms with Crippen LogP contribution in [-0.4, -0.2) is 19.7 Å². The molecule has 0 bridgehead atoms. The number of rotatable bonds is 3. The number of hydrogen-bond donors (Lipinski definition) is 1. The maximum atomic E-state index is 6.20. The average Bonchev–Trinajstić information content (AvgIpc) is 2.84. The van der Waals surface area contributed by atoms with Crippen LogP contribution in [0.2, 0.25) is 0 Å². The van der Waals surface area contributed by atoms with Gasteiger partial charge in [0.15, 0.2) is 0 Å². The van der Waals surface area contributed by atoms with Gasteiger partial charge in [0.2, 0.25) is 0 Å². The molecule has 1 atom stereocenters. The van der Waals surface area contributed by atoms with Crippen molar-refractivity contribution in [2.24, 2.45) is 12.8 Å². The van der Waals surface area contributed by atoms with E-state index >= 15 is 0 Å². The number of nitrogens with zero attached hydrogens (tertiary/aromatic N) is 4. The Morgan fingerprint density at radius 3 is 2.84 bits per heavy atom. The first-order valence-electron chi connectivity index (χ1n) is 6.18. The predicted molar refractivity (Wildman–Crippen MR) is 73.4 cm³/mol. The van der Waals surface area contributed by atoms with E-state index in [1.54, 1.807) is 4.68 Å². The van der Waals surface area contributed by atoms with E-state index in [1.807, 2.05) is 43.4 Å². The first-order valence-corrected chi connectivity index (χ1v) is 6.18. The Balaban J connectivity index is 1.89. The highest BCUT2D eigenvalue weighted by Crippen LogP contribution is 2.17. The SMILES string of the molecule is Cn1ncnc1CC(N)c1ccc2ccccc2n1. The zero-order chi connectivity index (χ0) is 13.2. The molecule has 0 amide bonds. The van der Waals surface area contributed by atoms with Gasteiger partial charge >= 0.3 is 0 Å². The molecule has 0 aliphatic rings. The Bertz CT molecular complexity index is 704. The van der Waals surface area contributed by atoms with Crippen molar-refractivity contribution in [2.45, 2.75) is 12.5 Å². The number of aryl methyl sites for hydroxylation is 1. The Hall–Kier alpha value is -2.27. The minimum atomic E-state index is -0.174. The van der Waals surface area contributed by atoms with Crippen LogP contribution in [-0.2, 0) is 13.5 Å². The van der Waals surface area contributed by atoms with Gasteiger partial charge in [0.1, 0.15) is 12.2 Å². The van der Waals surface area contributed by atoms with E-state index < -0.39 is 0 Å². The Morgan fingerprint density at radius 2 is 2.05 bits per heavy atom. The molecule has 0 aliphatic heterocycles. The maximum Gasteiger partial charge on any atom is 0.138 e. The van der Waals surface area contributed by atoms with Crippen LogP contribution in [0, 0.1) is 0 Å². The monoisotopic (exact) mass is 253 g/mol. The molecular formula is C14H15N5. The van der Waals surface area contributed by atoms with Gasteiger partial charge in [0, 0.05) is 18.9 Å². The molecule has 2 heterocycles. The van der Waals surface area contributed by atoms with Gasteiger partial charge in [-0.2, -0.15) is 5.10 Å². The van der Waals surface area contributed by atoms with Crippen molar-refractivity contribution in [2.75, 3.05) is 0 Å². The van der Waals surface area contributed by atoms with Crippen LogP contribution in [0.3, 0.4) is 0 Å². The molecule has 3 rings (SSSR count). The summed E-state index contributed by atoms with van der Waals surface area (Å²) in [5.74, 6) is 0.863. The average molecular weight is 253 g/mol. The number of benzene rings is 1. The van der Waals surface area contributed by atoms with Gasteiger partial charge in [0.05, 0.1) is 17.3 Å². The number of hydrogen-bond acceptors (Lipinski definition) is 4. The largest absolute Gasteiger partial charge is 0.322 e. The summed E-state index contributed by atoms with van der Waals surface area (Å²) in [6, 6.07) is 11.9. The van der Waals surface area contributed by atoms with Crippen LogP contribution in [0.4, 0.5) is 0 Å². The highest BCUT2D eigenvalue weighted by molar-refractivity contribution is 5.78. The minimum Gasteiger partial charge on any atom is -0.322 e. The van der Waals surface area contributed by atoms with Crippen molar-refractivity contribution in [1.29, 1.82) is 0 Å². The van der Waals surface area contributed by atoms with E-state index in [4.69, 9.17) is 5.73 Å². The van der Waals surface area contributed by atoms with Gasteiger partial charge in [-0.15, -0.1) is 0 Å². The van der Waals surface area contributed by atoms with Crippen LogP contribution in [0.1, 0.15) is 17.6 Å². The van der Waals surface area contributed by atoms with Crippen molar-refractivity contribution in [3.05, 3.63) is 54.2 Å². The summed E-state index contributed by atoms with van der Waals surface area (Å²) in [5.41, 5.74) is 8.05. The lowest BCUT2D eigenvalue weighted by atomic mass is 10.1. The summed E-state index contributed by atoms with van der Waals surface area (Å²) in [4.78, 5) is 8.79. The van der Waals surface area contributed by atoms with Crippen LogP contribution in [0.5, 0.6) is 0 Å². The Morgan fingerprint density at radius 1 is 1.21 bits per heavy atom. The quantitative estimate of drug-likeness (QED) is 0.769. The van der Waals surface area contributed by atoms with Crippen molar-refractivity contribution < 1.29 is 0 Å². The molecule has 0 saturated carbocycles. The van der Waals surface area contributed by atoms with Gasteiger partial charge in [0.25, 0.3) is 0 Å². The van der Waals surface area contributed by atoms with E-state index in [-0.39, 0.29) is 6.04 Å². The van der Waals surface area contributed by atoms with Crippen molar-refractivity contribution in [3.63, 3.8) is 0 Å². The lowest BCUT2D eigenvalue weighted by Crippen LogP contribution is -2.17. The van der Waals surface area contributed by atoms with E-state index in [0.29, 0.717) is 6.42 Å². The molecule has 0 saturated heterocycles. The molecule has 3 aromatic rings. The fourth-order valence-corrected chi connectivity index (χ4v) is 2.09. The first-order chi connectivity index (χ1) is 9.24. The van der Waals surface area contributed by atoms with Crippen LogP contribution in [0.25, 0.3) is 10.9 Å². The van der Waals surface area contributed by atoms with Gasteiger partial charge in [-0.05, 0) is 12.1 Å². The summed E-state index contributed by atoms with van der Waals surface area (Å²) in [5, 5.41) is 5.17. The lowest BCUT2D eigenvalue weighted by Gasteiger charge is -2.11. The van der Waals surface area contributed by atoms with Crippen LogP contribution >= 0.6 is 0 Å². The van der Waals surface area contributed by atoms with Crippen LogP contribution in [0.15, 0.2) is 42.7 Å². The minimum absolute atomic E-state index is 0.174. The van der Waals surface area contributed by atoms with E-state index in [1.165, 1.54) is 6.33 Å². The molecule has 5 nitrogen and oxygen atoms in total. The molecule has 5 heteroatoms. The fourth-order valence-electron chi connectivity index (χ4n) is 2.09. The number of aromatic nitrogens is 4. The molecule has 19 heavy (non-hydrogen) atoms. The Kier molecular flexibility index (Phi) is 2.97. The van der Waals surface area contributed by atoms with Gasteiger partial charge in [-0.3, -0.25) is 9.67 Å². The number of nitrogens with two attached hydrogens (primary N) is 1. The first kappa shape index (κ1) is 11.8. The van der Waals surface area contributed by atoms with Gasteiger partial charge < -0.3 is 5.73 Å². The second-order valence-corrected chi connectivity index (χ2v) is 4.54. The lowest BCUT2D eigenvalue weighted by molar-refractivity contribution is 0.620. The summed E-state index contributed by atoms with van der Waals surface area (Å²) >= 11 is 0. The van der Waals surface area contributed by atoms with E-state index in [2.05, 4.69) is 15.1 Å². The molecule has 0 radical (unpaired) electrons. The zero-order valence-corrected chi connectivity index (χ0v) is 10.7. The van der Waals surface area contributed by atoms with Crippen LogP contribution < -0.4 is 5.73 Å². The molecule has 1 aromatic carbocycles. The van der Waals surface area contributed by atoms with Crippen molar-refractivity contribution in [1.82, 2.24) is 19.7 Å². The third-order valence-electron chi connectivity index (χ3n) is 3.21. The molecule has 96 valence electrons. The zero-order valence-electron chi connectivity index (χ0n) is 10.7. The van der Waals surface area contributed by atoms with Crippen molar-refractivity contribution in [3.8, 4) is 0 Å². The third kappa shape index (κ3) is 2.32. The summed E-state index contributed by atoms with van der Waals surface area (Å²) in [6.45, 7) is 0. The molecule has 2 aromatic heterocycles. The number of para-hydroxylation sites is 1. The van der Waals surface area contributed by atoms with E-state index in [9.17, 15) is 0 Å². The summed E-state index contributed by atoms with van der Waals surface area (Å²) in [6.07, 6.45) is 2.16. The molecule has 2 N–H and O–H groups in total. The maximum absolute atomic E-state index is 6.20. The van der Waals surface area contributed by atoms with Gasteiger partial charge in [-0.1, -0.05) is 24.3 Å². The van der Waals surface area contributed by atoms with Crippen molar-refractivity contribution >= 4 is 10.9 Å². The summed E-state index contributed by atoms with van der Waals surface area (Å²) < 4.78 is 1.74. The Labute approximate surface area is 111 Å². The highest BCUT2D eigenvalue weighted by Gasteiger charge is 2.12.